The third-order valence-corrected chi connectivity index (χ3v) is 4.63. The van der Waals surface area contributed by atoms with Crippen LogP contribution in [0.4, 0.5) is 0 Å². The Morgan fingerprint density at radius 3 is 2.36 bits per heavy atom. The van der Waals surface area contributed by atoms with E-state index < -0.39 is 5.97 Å². The second kappa shape index (κ2) is 6.58. The van der Waals surface area contributed by atoms with Gasteiger partial charge in [0, 0.05) is 4.47 Å². The van der Waals surface area contributed by atoms with Crippen LogP contribution in [0.3, 0.4) is 0 Å². The first kappa shape index (κ1) is 16.6. The highest BCUT2D eigenvalue weighted by Gasteiger charge is 2.16. The number of hydrogen-bond donors (Lipinski definition) is 0. The summed E-state index contributed by atoms with van der Waals surface area (Å²) >= 11 is 4.21. The molecule has 0 aliphatic rings. The molecule has 7 heteroatoms. The normalized spacial score (nSPS) is 10.5. The quantitative estimate of drug-likeness (QED) is 0.742. The molecule has 0 bridgehead atoms. The summed E-state index contributed by atoms with van der Waals surface area (Å²) < 4.78 is 6.52. The van der Waals surface area contributed by atoms with E-state index in [0.29, 0.717) is 5.75 Å². The molecule has 1 aromatic heterocycles. The Kier molecular flexibility index (Phi) is 4.97. The Morgan fingerprint density at radius 1 is 1.27 bits per heavy atom. The van der Waals surface area contributed by atoms with E-state index in [0.717, 1.165) is 26.9 Å². The summed E-state index contributed by atoms with van der Waals surface area (Å²) in [5.41, 5.74) is 2.10. The Bertz CT molecular complexity index is 731. The van der Waals surface area contributed by atoms with Gasteiger partial charge in [0.05, 0.1) is 16.5 Å². The molecule has 0 radical (unpaired) electrons. The Labute approximate surface area is 140 Å². The van der Waals surface area contributed by atoms with Crippen LogP contribution in [-0.2, 0) is 0 Å². The minimum Gasteiger partial charge on any atom is -0.544 e. The van der Waals surface area contributed by atoms with E-state index in [4.69, 9.17) is 4.74 Å². The van der Waals surface area contributed by atoms with Crippen molar-refractivity contribution in [3.8, 4) is 5.75 Å². The maximum atomic E-state index is 12.1. The predicted molar refractivity (Wildman–Crippen MR) is 84.6 cm³/mol. The summed E-state index contributed by atoms with van der Waals surface area (Å²) in [7, 11) is 0. The van der Waals surface area contributed by atoms with Crippen LogP contribution in [0.1, 0.15) is 36.3 Å². The highest BCUT2D eigenvalue weighted by molar-refractivity contribution is 9.10. The molecule has 0 aliphatic heterocycles. The molecule has 2 aromatic rings. The maximum Gasteiger partial charge on any atom is 0.228 e. The summed E-state index contributed by atoms with van der Waals surface area (Å²) in [6.45, 7) is 5.11. The molecule has 0 N–H and O–H groups in total. The summed E-state index contributed by atoms with van der Waals surface area (Å²) in [5, 5.41) is 11.0. The number of aromatic carboxylic acids is 1. The topological polar surface area (TPSA) is 79.3 Å². The average molecular weight is 383 g/mol. The monoisotopic (exact) mass is 382 g/mol. The molecule has 0 spiro atoms. The van der Waals surface area contributed by atoms with Crippen molar-refractivity contribution in [3.05, 3.63) is 43.3 Å². The number of carboxylic acids is 1. The van der Waals surface area contributed by atoms with Crippen molar-refractivity contribution in [1.29, 1.82) is 0 Å². The van der Waals surface area contributed by atoms with Crippen molar-refractivity contribution in [1.82, 2.24) is 4.98 Å². The first-order valence-corrected chi connectivity index (χ1v) is 8.02. The van der Waals surface area contributed by atoms with Gasteiger partial charge in [-0.3, -0.25) is 4.79 Å². The van der Waals surface area contributed by atoms with Crippen LogP contribution in [0.5, 0.6) is 5.75 Å². The molecule has 0 unspecified atom stereocenters. The smallest absolute Gasteiger partial charge is 0.228 e. The Balaban J connectivity index is 2.14. The van der Waals surface area contributed by atoms with Crippen molar-refractivity contribution in [2.24, 2.45) is 0 Å². The maximum absolute atomic E-state index is 12.1. The number of ketones is 1. The Hall–Kier alpha value is -1.73. The molecule has 5 nitrogen and oxygen atoms in total. The van der Waals surface area contributed by atoms with Crippen LogP contribution in [0.15, 0.2) is 16.6 Å². The number of aryl methyl sites for hydroxylation is 3. The zero-order valence-electron chi connectivity index (χ0n) is 12.2. The van der Waals surface area contributed by atoms with Gasteiger partial charge in [-0.15, -0.1) is 11.3 Å². The van der Waals surface area contributed by atoms with Crippen molar-refractivity contribution < 1.29 is 19.4 Å². The number of halogens is 1. The predicted octanol–water partition coefficient (Wildman–Crippen LogP) is 2.46. The lowest BCUT2D eigenvalue weighted by atomic mass is 10.1. The van der Waals surface area contributed by atoms with Crippen molar-refractivity contribution >= 4 is 39.0 Å². The van der Waals surface area contributed by atoms with Gasteiger partial charge in [-0.05, 0) is 44.0 Å². The lowest BCUT2D eigenvalue weighted by molar-refractivity contribution is -0.254. The third-order valence-electron chi connectivity index (χ3n) is 2.99. The number of nitrogens with zero attached hydrogens (tertiary/aromatic N) is 1. The summed E-state index contributed by atoms with van der Waals surface area (Å²) in [6, 6.07) is 3.79. The fraction of sp³-hybridized carbons (Fsp3) is 0.267. The molecule has 1 heterocycles. The second-order valence-corrected chi connectivity index (χ2v) is 6.72. The van der Waals surface area contributed by atoms with Crippen LogP contribution in [0, 0.1) is 20.8 Å². The zero-order chi connectivity index (χ0) is 16.4. The van der Waals surface area contributed by atoms with Crippen LogP contribution in [-0.4, -0.2) is 23.3 Å². The number of benzene rings is 1. The van der Waals surface area contributed by atoms with E-state index in [9.17, 15) is 14.7 Å². The Morgan fingerprint density at radius 2 is 1.86 bits per heavy atom. The molecule has 0 amide bonds. The molecule has 116 valence electrons. The van der Waals surface area contributed by atoms with Gasteiger partial charge in [-0.2, -0.15) is 0 Å². The number of carbonyl (C=O) groups excluding carboxylic acids is 2. The van der Waals surface area contributed by atoms with Crippen LogP contribution in [0.25, 0.3) is 0 Å². The first-order chi connectivity index (χ1) is 10.3. The van der Waals surface area contributed by atoms with Gasteiger partial charge >= 0.3 is 0 Å². The van der Waals surface area contributed by atoms with Gasteiger partial charge in [-0.1, -0.05) is 15.9 Å². The van der Waals surface area contributed by atoms with E-state index in [-0.39, 0.29) is 28.0 Å². The lowest BCUT2D eigenvalue weighted by Gasteiger charge is -2.11. The lowest BCUT2D eigenvalue weighted by Crippen LogP contribution is -2.21. The standard InChI is InChI=1S/C15H14BrNO4S/c1-7-4-10(16)5-8(2)12(7)21-6-11(18)14-17-9(3)13(22-14)15(19)20/h4-5H,6H2,1-3H3,(H,19,20)/p-1. The summed E-state index contributed by atoms with van der Waals surface area (Å²) in [5.74, 6) is -1.04. The number of carbonyl (C=O) groups is 2. The number of thiazole rings is 1. The number of aromatic nitrogens is 1. The minimum absolute atomic E-state index is 0.0284. The van der Waals surface area contributed by atoms with Crippen molar-refractivity contribution in [3.63, 3.8) is 0 Å². The van der Waals surface area contributed by atoms with Crippen LogP contribution in [0.2, 0.25) is 0 Å². The SMILES string of the molecule is Cc1cc(Br)cc(C)c1OCC(=O)c1nc(C)c(C(=O)[O-])s1. The average Bonchev–Trinajstić information content (AvgIpc) is 2.79. The number of ether oxygens (including phenoxy) is 1. The third kappa shape index (κ3) is 3.53. The molecular weight excluding hydrogens is 370 g/mol. The molecule has 0 saturated heterocycles. The van der Waals surface area contributed by atoms with E-state index >= 15 is 0 Å². The van der Waals surface area contributed by atoms with E-state index in [1.54, 1.807) is 0 Å². The molecule has 0 saturated carbocycles. The van der Waals surface area contributed by atoms with Crippen molar-refractivity contribution in [2.75, 3.05) is 6.61 Å². The fourth-order valence-electron chi connectivity index (χ4n) is 2.03. The second-order valence-electron chi connectivity index (χ2n) is 4.80. The first-order valence-electron chi connectivity index (χ1n) is 6.41. The van der Waals surface area contributed by atoms with Gasteiger partial charge < -0.3 is 14.6 Å². The number of hydrogen-bond acceptors (Lipinski definition) is 6. The van der Waals surface area contributed by atoms with Crippen LogP contribution >= 0.6 is 27.3 Å². The highest BCUT2D eigenvalue weighted by Crippen LogP contribution is 2.27. The van der Waals surface area contributed by atoms with E-state index in [1.165, 1.54) is 6.92 Å². The molecule has 1 aromatic carbocycles. The molecule has 0 fully saturated rings. The fourth-order valence-corrected chi connectivity index (χ4v) is 3.54. The zero-order valence-corrected chi connectivity index (χ0v) is 14.6. The van der Waals surface area contributed by atoms with E-state index in [2.05, 4.69) is 20.9 Å². The largest absolute Gasteiger partial charge is 0.544 e. The molecule has 0 atom stereocenters. The van der Waals surface area contributed by atoms with Gasteiger partial charge in [0.15, 0.2) is 11.6 Å². The number of Topliss-reactive ketones (excluding diaryl/α,β-unsaturated/α-hetero) is 1. The molecule has 0 aliphatic carbocycles. The van der Waals surface area contributed by atoms with Crippen LogP contribution < -0.4 is 9.84 Å². The molecule has 22 heavy (non-hydrogen) atoms. The van der Waals surface area contributed by atoms with E-state index in [1.807, 2.05) is 26.0 Å². The number of carboxylic acid groups (broad SMARTS) is 1. The minimum atomic E-state index is -1.32. The van der Waals surface area contributed by atoms with Gasteiger partial charge in [0.1, 0.15) is 5.75 Å². The van der Waals surface area contributed by atoms with Gasteiger partial charge in [0.25, 0.3) is 0 Å². The molecule has 2 rings (SSSR count). The van der Waals surface area contributed by atoms with Crippen molar-refractivity contribution in [2.45, 2.75) is 20.8 Å². The number of rotatable bonds is 5. The molecular formula is C15H13BrNO4S-. The highest BCUT2D eigenvalue weighted by atomic mass is 79.9. The summed E-state index contributed by atoms with van der Waals surface area (Å²) in [6.07, 6.45) is 0. The summed E-state index contributed by atoms with van der Waals surface area (Å²) in [4.78, 5) is 26.9. The van der Waals surface area contributed by atoms with Gasteiger partial charge in [0.2, 0.25) is 5.78 Å². The van der Waals surface area contributed by atoms with Gasteiger partial charge in [-0.25, -0.2) is 4.98 Å².